The van der Waals surface area contributed by atoms with E-state index in [4.69, 9.17) is 9.97 Å². The largest absolute Gasteiger partial charge is 0.299 e. The topological polar surface area (TPSA) is 75.0 Å². The summed E-state index contributed by atoms with van der Waals surface area (Å²) in [4.78, 5) is 16.7. The van der Waals surface area contributed by atoms with E-state index in [2.05, 4.69) is 114 Å². The van der Waals surface area contributed by atoms with Gasteiger partial charge in [-0.25, -0.2) is 9.97 Å². The normalized spacial score (nSPS) is 14.6. The van der Waals surface area contributed by atoms with Crippen LogP contribution < -0.4 is 0 Å². The summed E-state index contributed by atoms with van der Waals surface area (Å²) in [5, 5.41) is 7.57. The Morgan fingerprint density at radius 3 is 2.44 bits per heavy atom. The van der Waals surface area contributed by atoms with Gasteiger partial charge in [-0.15, -0.1) is 0 Å². The third kappa shape index (κ3) is 5.21. The second kappa shape index (κ2) is 11.0. The van der Waals surface area contributed by atoms with Gasteiger partial charge in [-0.05, 0) is 78.1 Å². The number of fused-ring (bicyclic) bond motifs is 1. The first-order valence-corrected chi connectivity index (χ1v) is 14.8. The van der Waals surface area contributed by atoms with Crippen LogP contribution in [0.4, 0.5) is 0 Å². The molecule has 0 saturated carbocycles. The van der Waals surface area contributed by atoms with Gasteiger partial charge in [0.1, 0.15) is 17.2 Å². The van der Waals surface area contributed by atoms with Gasteiger partial charge in [-0.1, -0.05) is 60.7 Å². The van der Waals surface area contributed by atoms with Crippen LogP contribution >= 0.6 is 15.9 Å². The van der Waals surface area contributed by atoms with E-state index in [9.17, 15) is 0 Å². The highest BCUT2D eigenvalue weighted by molar-refractivity contribution is 9.10. The van der Waals surface area contributed by atoms with Crippen molar-refractivity contribution in [3.8, 4) is 34.0 Å². The lowest BCUT2D eigenvalue weighted by molar-refractivity contribution is 0.202. The van der Waals surface area contributed by atoms with Crippen molar-refractivity contribution < 1.29 is 0 Å². The number of imidazole rings is 1. The summed E-state index contributed by atoms with van der Waals surface area (Å²) in [7, 11) is 0. The predicted molar refractivity (Wildman–Crippen MR) is 165 cm³/mol. The maximum absolute atomic E-state index is 5.08. The van der Waals surface area contributed by atoms with Gasteiger partial charge in [0.25, 0.3) is 0 Å². The van der Waals surface area contributed by atoms with E-state index in [-0.39, 0.29) is 0 Å². The van der Waals surface area contributed by atoms with Crippen LogP contribution in [0.5, 0.6) is 0 Å². The summed E-state index contributed by atoms with van der Waals surface area (Å²) in [5.41, 5.74) is 8.61. The van der Waals surface area contributed by atoms with Crippen molar-refractivity contribution in [1.82, 2.24) is 34.4 Å². The molecular formula is C33H30BrN7. The van der Waals surface area contributed by atoms with Gasteiger partial charge in [0, 0.05) is 40.5 Å². The second-order valence-corrected chi connectivity index (χ2v) is 11.6. The van der Waals surface area contributed by atoms with Crippen LogP contribution in [0.25, 0.3) is 39.7 Å². The molecule has 7 nitrogen and oxygen atoms in total. The van der Waals surface area contributed by atoms with Crippen molar-refractivity contribution in [1.29, 1.82) is 0 Å². The number of hydrogen-bond acceptors (Lipinski definition) is 5. The molecule has 0 radical (unpaired) electrons. The summed E-state index contributed by atoms with van der Waals surface area (Å²) in [6.07, 6.45) is 6.02. The monoisotopic (exact) mass is 603 g/mol. The Morgan fingerprint density at radius 2 is 1.68 bits per heavy atom. The second-order valence-electron chi connectivity index (χ2n) is 10.7. The van der Waals surface area contributed by atoms with Crippen LogP contribution in [-0.4, -0.2) is 47.5 Å². The van der Waals surface area contributed by atoms with Crippen molar-refractivity contribution in [2.24, 2.45) is 0 Å². The Balaban J connectivity index is 1.06. The molecule has 4 aromatic heterocycles. The molecule has 0 amide bonds. The minimum atomic E-state index is 0.397. The summed E-state index contributed by atoms with van der Waals surface area (Å²) in [5.74, 6) is 2.04. The first kappa shape index (κ1) is 25.8. The van der Waals surface area contributed by atoms with Crippen LogP contribution in [-0.2, 0) is 6.54 Å². The van der Waals surface area contributed by atoms with Crippen molar-refractivity contribution >= 4 is 21.6 Å². The number of aromatic nitrogens is 6. The minimum Gasteiger partial charge on any atom is -0.299 e. The van der Waals surface area contributed by atoms with Crippen molar-refractivity contribution in [3.05, 3.63) is 113 Å². The zero-order chi connectivity index (χ0) is 27.8. The molecule has 1 aliphatic heterocycles. The number of hydrogen-bond donors (Lipinski definition) is 1. The fraction of sp³-hybridized carbons (Fsp3) is 0.212. The van der Waals surface area contributed by atoms with Gasteiger partial charge in [0.15, 0.2) is 5.82 Å². The summed E-state index contributed by atoms with van der Waals surface area (Å²) < 4.78 is 3.26. The van der Waals surface area contributed by atoms with E-state index in [0.717, 1.165) is 76.6 Å². The lowest BCUT2D eigenvalue weighted by Crippen LogP contribution is -2.32. The van der Waals surface area contributed by atoms with E-state index in [1.165, 1.54) is 11.1 Å². The lowest BCUT2D eigenvalue weighted by Gasteiger charge is -2.30. The molecular weight excluding hydrogens is 574 g/mol. The Hall–Kier alpha value is -4.14. The van der Waals surface area contributed by atoms with Crippen molar-refractivity contribution in [2.45, 2.75) is 32.2 Å². The maximum Gasteiger partial charge on any atom is 0.199 e. The maximum atomic E-state index is 5.08. The number of benzene rings is 2. The number of aromatic amines is 1. The van der Waals surface area contributed by atoms with Crippen molar-refractivity contribution in [3.63, 3.8) is 0 Å². The van der Waals surface area contributed by atoms with Gasteiger partial charge >= 0.3 is 0 Å². The Labute approximate surface area is 247 Å². The number of likely N-dealkylation sites (tertiary alicyclic amines) is 1. The van der Waals surface area contributed by atoms with Crippen LogP contribution in [0.15, 0.2) is 95.7 Å². The fourth-order valence-electron chi connectivity index (χ4n) is 5.69. The van der Waals surface area contributed by atoms with Crippen LogP contribution in [0, 0.1) is 6.92 Å². The van der Waals surface area contributed by atoms with E-state index in [1.807, 2.05) is 18.2 Å². The van der Waals surface area contributed by atoms with Gasteiger partial charge in [-0.2, -0.15) is 5.10 Å². The third-order valence-electron chi connectivity index (χ3n) is 7.95. The highest BCUT2D eigenvalue weighted by Crippen LogP contribution is 2.35. The summed E-state index contributed by atoms with van der Waals surface area (Å²) in [6, 6.07) is 27.4. The molecule has 6 aromatic rings. The average molecular weight is 605 g/mol. The number of halogens is 1. The number of H-pyrrole nitrogens is 1. The molecule has 0 bridgehead atoms. The Kier molecular flexibility index (Phi) is 6.94. The molecule has 1 fully saturated rings. The predicted octanol–water partition coefficient (Wildman–Crippen LogP) is 7.30. The molecule has 41 heavy (non-hydrogen) atoms. The van der Waals surface area contributed by atoms with Gasteiger partial charge in [0.05, 0.1) is 11.4 Å². The lowest BCUT2D eigenvalue weighted by atomic mass is 9.95. The molecule has 1 saturated heterocycles. The number of pyridine rings is 2. The van der Waals surface area contributed by atoms with E-state index in [1.54, 1.807) is 6.20 Å². The van der Waals surface area contributed by atoms with E-state index >= 15 is 0 Å². The number of nitrogens with zero attached hydrogens (tertiary/aromatic N) is 6. The van der Waals surface area contributed by atoms with E-state index in [0.29, 0.717) is 11.7 Å². The first-order chi connectivity index (χ1) is 20.1. The number of piperidine rings is 1. The van der Waals surface area contributed by atoms with Crippen molar-refractivity contribution in [2.75, 3.05) is 13.1 Å². The highest BCUT2D eigenvalue weighted by atomic mass is 79.9. The molecule has 0 aliphatic carbocycles. The summed E-state index contributed by atoms with van der Waals surface area (Å²) >= 11 is 3.71. The molecule has 1 aliphatic rings. The quantitative estimate of drug-likeness (QED) is 0.216. The molecule has 7 rings (SSSR count). The first-order valence-electron chi connectivity index (χ1n) is 14.0. The van der Waals surface area contributed by atoms with Gasteiger partial charge in [-0.3, -0.25) is 19.4 Å². The molecule has 8 heteroatoms. The SMILES string of the molecule is Cc1cc2nc(-c3ccc(CN4CCC(c5nc(-c6ccccn6)n[nH]5)CC4)cc3)c(-c3ccccc3)n2cc1Br. The standard InChI is InChI=1S/C33H30BrN7/c1-22-19-29-36-30(31(41(29)21-27(22)34)25-7-3-2-4-8-25)24-12-10-23(11-13-24)20-40-17-14-26(15-18-40)32-37-33(39-38-32)28-9-5-6-16-35-28/h2-13,16,19,21,26H,14-15,17-18,20H2,1H3,(H,37,38,39). The smallest absolute Gasteiger partial charge is 0.199 e. The minimum absolute atomic E-state index is 0.397. The molecule has 0 unspecified atom stereocenters. The number of nitrogens with one attached hydrogen (secondary N) is 1. The van der Waals surface area contributed by atoms with Gasteiger partial charge in [0.2, 0.25) is 0 Å². The molecule has 1 N–H and O–H groups in total. The zero-order valence-electron chi connectivity index (χ0n) is 22.8. The van der Waals surface area contributed by atoms with Crippen LogP contribution in [0.3, 0.4) is 0 Å². The Bertz CT molecular complexity index is 1790. The molecule has 2 aromatic carbocycles. The highest BCUT2D eigenvalue weighted by Gasteiger charge is 2.24. The third-order valence-corrected chi connectivity index (χ3v) is 8.79. The average Bonchev–Trinajstić information content (AvgIpc) is 3.65. The fourth-order valence-corrected chi connectivity index (χ4v) is 6.01. The van der Waals surface area contributed by atoms with E-state index < -0.39 is 0 Å². The van der Waals surface area contributed by atoms with Crippen LogP contribution in [0.1, 0.15) is 35.7 Å². The van der Waals surface area contributed by atoms with Gasteiger partial charge < -0.3 is 0 Å². The Morgan fingerprint density at radius 1 is 0.902 bits per heavy atom. The molecule has 204 valence electrons. The zero-order valence-corrected chi connectivity index (χ0v) is 24.4. The molecule has 0 spiro atoms. The number of aryl methyl sites for hydroxylation is 1. The van der Waals surface area contributed by atoms with Crippen LogP contribution in [0.2, 0.25) is 0 Å². The summed E-state index contributed by atoms with van der Waals surface area (Å²) in [6.45, 7) is 5.10. The molecule has 5 heterocycles. The molecule has 0 atom stereocenters. The number of rotatable bonds is 6.